The standard InChI is InChI=1S/C14H9ClFN3/c15-14-11(5-2-6-17-14)13-8-12(18-19-13)9-3-1-4-10(16)7-9/h1-8H,(H,18,19). The van der Waals surface area contributed by atoms with E-state index in [0.717, 1.165) is 11.3 Å². The van der Waals surface area contributed by atoms with Crippen LogP contribution in [0.5, 0.6) is 0 Å². The monoisotopic (exact) mass is 273 g/mol. The molecule has 0 saturated heterocycles. The van der Waals surface area contributed by atoms with E-state index in [0.29, 0.717) is 16.4 Å². The lowest BCUT2D eigenvalue weighted by Gasteiger charge is -1.98. The molecular formula is C14H9ClFN3. The summed E-state index contributed by atoms with van der Waals surface area (Å²) >= 11 is 6.02. The van der Waals surface area contributed by atoms with Gasteiger partial charge in [-0.05, 0) is 30.3 Å². The van der Waals surface area contributed by atoms with E-state index in [9.17, 15) is 4.39 Å². The maximum atomic E-state index is 13.2. The molecule has 2 heterocycles. The van der Waals surface area contributed by atoms with Crippen molar-refractivity contribution in [2.24, 2.45) is 0 Å². The molecule has 0 fully saturated rings. The Hall–Kier alpha value is -2.20. The van der Waals surface area contributed by atoms with Gasteiger partial charge in [0.15, 0.2) is 0 Å². The van der Waals surface area contributed by atoms with Crippen molar-refractivity contribution in [2.75, 3.05) is 0 Å². The lowest BCUT2D eigenvalue weighted by atomic mass is 10.1. The van der Waals surface area contributed by atoms with Crippen LogP contribution < -0.4 is 0 Å². The number of rotatable bonds is 2. The summed E-state index contributed by atoms with van der Waals surface area (Å²) in [6.07, 6.45) is 1.62. The average Bonchev–Trinajstić information content (AvgIpc) is 2.89. The van der Waals surface area contributed by atoms with E-state index in [4.69, 9.17) is 11.6 Å². The molecule has 0 aliphatic heterocycles. The van der Waals surface area contributed by atoms with Gasteiger partial charge in [-0.25, -0.2) is 9.37 Å². The van der Waals surface area contributed by atoms with E-state index < -0.39 is 0 Å². The Kier molecular flexibility index (Phi) is 3.01. The smallest absolute Gasteiger partial charge is 0.138 e. The van der Waals surface area contributed by atoms with Crippen molar-refractivity contribution in [3.05, 3.63) is 59.6 Å². The highest BCUT2D eigenvalue weighted by Gasteiger charge is 2.09. The maximum absolute atomic E-state index is 13.2. The number of halogens is 2. The summed E-state index contributed by atoms with van der Waals surface area (Å²) in [5.41, 5.74) is 2.88. The van der Waals surface area contributed by atoms with Gasteiger partial charge in [0.05, 0.1) is 11.4 Å². The van der Waals surface area contributed by atoms with Gasteiger partial charge in [-0.3, -0.25) is 5.10 Å². The van der Waals surface area contributed by atoms with Gasteiger partial charge in [0.1, 0.15) is 11.0 Å². The first-order valence-electron chi connectivity index (χ1n) is 5.66. The minimum absolute atomic E-state index is 0.290. The second-order valence-corrected chi connectivity index (χ2v) is 4.38. The Balaban J connectivity index is 2.03. The van der Waals surface area contributed by atoms with Gasteiger partial charge in [-0.1, -0.05) is 23.7 Å². The normalized spacial score (nSPS) is 10.6. The molecule has 2 aromatic heterocycles. The highest BCUT2D eigenvalue weighted by molar-refractivity contribution is 6.32. The zero-order chi connectivity index (χ0) is 13.2. The zero-order valence-corrected chi connectivity index (χ0v) is 10.5. The van der Waals surface area contributed by atoms with Crippen LogP contribution in [-0.2, 0) is 0 Å². The van der Waals surface area contributed by atoms with Gasteiger partial charge in [0.25, 0.3) is 0 Å². The molecule has 0 unspecified atom stereocenters. The van der Waals surface area contributed by atoms with Crippen LogP contribution in [0.1, 0.15) is 0 Å². The van der Waals surface area contributed by atoms with E-state index in [-0.39, 0.29) is 5.82 Å². The van der Waals surface area contributed by atoms with Gasteiger partial charge in [0, 0.05) is 17.3 Å². The van der Waals surface area contributed by atoms with Gasteiger partial charge >= 0.3 is 0 Å². The minimum atomic E-state index is -0.290. The number of aromatic amines is 1. The molecule has 0 spiro atoms. The topological polar surface area (TPSA) is 41.6 Å². The summed E-state index contributed by atoms with van der Waals surface area (Å²) < 4.78 is 13.2. The largest absolute Gasteiger partial charge is 0.277 e. The van der Waals surface area contributed by atoms with Crippen LogP contribution in [-0.4, -0.2) is 15.2 Å². The number of nitrogens with one attached hydrogen (secondary N) is 1. The minimum Gasteiger partial charge on any atom is -0.277 e. The summed E-state index contributed by atoms with van der Waals surface area (Å²) in [6, 6.07) is 11.7. The van der Waals surface area contributed by atoms with Crippen molar-refractivity contribution in [1.29, 1.82) is 0 Å². The summed E-state index contributed by atoms with van der Waals surface area (Å²) in [7, 11) is 0. The Labute approximate surface area is 114 Å². The van der Waals surface area contributed by atoms with E-state index in [1.165, 1.54) is 12.1 Å². The Morgan fingerprint density at radius 1 is 1.11 bits per heavy atom. The predicted molar refractivity (Wildman–Crippen MR) is 72.2 cm³/mol. The molecular weight excluding hydrogens is 265 g/mol. The van der Waals surface area contributed by atoms with Gasteiger partial charge in [0.2, 0.25) is 0 Å². The van der Waals surface area contributed by atoms with E-state index >= 15 is 0 Å². The quantitative estimate of drug-likeness (QED) is 0.719. The fourth-order valence-electron chi connectivity index (χ4n) is 1.84. The van der Waals surface area contributed by atoms with Crippen LogP contribution in [0.2, 0.25) is 5.15 Å². The third-order valence-electron chi connectivity index (χ3n) is 2.75. The SMILES string of the molecule is Fc1cccc(-c2cc(-c3cccnc3Cl)[nH]n2)c1. The fraction of sp³-hybridized carbons (Fsp3) is 0. The van der Waals surface area contributed by atoms with Crippen molar-refractivity contribution in [3.63, 3.8) is 0 Å². The average molecular weight is 274 g/mol. The Morgan fingerprint density at radius 3 is 2.79 bits per heavy atom. The van der Waals surface area contributed by atoms with Crippen LogP contribution in [0.4, 0.5) is 4.39 Å². The maximum Gasteiger partial charge on any atom is 0.138 e. The molecule has 1 N–H and O–H groups in total. The van der Waals surface area contributed by atoms with Crippen LogP contribution in [0.15, 0.2) is 48.7 Å². The van der Waals surface area contributed by atoms with Crippen molar-refractivity contribution in [2.45, 2.75) is 0 Å². The van der Waals surface area contributed by atoms with Crippen molar-refractivity contribution in [1.82, 2.24) is 15.2 Å². The van der Waals surface area contributed by atoms with Crippen LogP contribution >= 0.6 is 11.6 Å². The molecule has 0 aliphatic carbocycles. The molecule has 94 valence electrons. The molecule has 3 rings (SSSR count). The lowest BCUT2D eigenvalue weighted by molar-refractivity contribution is 0.628. The number of benzene rings is 1. The lowest BCUT2D eigenvalue weighted by Crippen LogP contribution is -1.81. The first kappa shape index (κ1) is 11.9. The first-order valence-corrected chi connectivity index (χ1v) is 6.04. The molecule has 0 aliphatic rings. The third kappa shape index (κ3) is 2.35. The van der Waals surface area contributed by atoms with Crippen LogP contribution in [0.25, 0.3) is 22.5 Å². The Bertz CT molecular complexity index is 724. The summed E-state index contributed by atoms with van der Waals surface area (Å²) in [5.74, 6) is -0.290. The number of pyridine rings is 1. The number of nitrogens with zero attached hydrogens (tertiary/aromatic N) is 2. The Morgan fingerprint density at radius 2 is 2.00 bits per heavy atom. The summed E-state index contributed by atoms with van der Waals surface area (Å²) in [4.78, 5) is 4.01. The van der Waals surface area contributed by atoms with Crippen LogP contribution in [0, 0.1) is 5.82 Å². The number of aromatic nitrogens is 3. The molecule has 1 aromatic carbocycles. The molecule has 3 nitrogen and oxygen atoms in total. The van der Waals surface area contributed by atoms with E-state index in [2.05, 4.69) is 15.2 Å². The highest BCUT2D eigenvalue weighted by Crippen LogP contribution is 2.27. The molecule has 5 heteroatoms. The van der Waals surface area contributed by atoms with Gasteiger partial charge in [-0.15, -0.1) is 0 Å². The van der Waals surface area contributed by atoms with Gasteiger partial charge < -0.3 is 0 Å². The molecule has 0 bridgehead atoms. The molecule has 3 aromatic rings. The summed E-state index contributed by atoms with van der Waals surface area (Å²) in [5, 5.41) is 7.45. The van der Waals surface area contributed by atoms with Crippen LogP contribution in [0.3, 0.4) is 0 Å². The molecule has 0 saturated carbocycles. The summed E-state index contributed by atoms with van der Waals surface area (Å²) in [6.45, 7) is 0. The predicted octanol–water partition coefficient (Wildman–Crippen LogP) is 3.93. The number of hydrogen-bond donors (Lipinski definition) is 1. The zero-order valence-electron chi connectivity index (χ0n) is 9.77. The highest BCUT2D eigenvalue weighted by atomic mass is 35.5. The fourth-order valence-corrected chi connectivity index (χ4v) is 2.06. The second-order valence-electron chi connectivity index (χ2n) is 4.02. The molecule has 0 radical (unpaired) electrons. The van der Waals surface area contributed by atoms with Gasteiger partial charge in [-0.2, -0.15) is 5.10 Å². The van der Waals surface area contributed by atoms with Crippen molar-refractivity contribution < 1.29 is 4.39 Å². The number of hydrogen-bond acceptors (Lipinski definition) is 2. The number of H-pyrrole nitrogens is 1. The molecule has 0 amide bonds. The van der Waals surface area contributed by atoms with Crippen molar-refractivity contribution in [3.8, 4) is 22.5 Å². The molecule has 0 atom stereocenters. The third-order valence-corrected chi connectivity index (χ3v) is 3.05. The first-order chi connectivity index (χ1) is 9.24. The van der Waals surface area contributed by atoms with E-state index in [1.54, 1.807) is 24.4 Å². The van der Waals surface area contributed by atoms with E-state index in [1.807, 2.05) is 12.1 Å². The second kappa shape index (κ2) is 4.82. The van der Waals surface area contributed by atoms with Crippen molar-refractivity contribution >= 4 is 11.6 Å². The molecule has 19 heavy (non-hydrogen) atoms.